The molecule has 290 valence electrons. The van der Waals surface area contributed by atoms with Crippen LogP contribution in [0.2, 0.25) is 0 Å². The van der Waals surface area contributed by atoms with E-state index in [9.17, 15) is 15.0 Å². The summed E-state index contributed by atoms with van der Waals surface area (Å²) in [4.78, 5) is 31.9. The van der Waals surface area contributed by atoms with E-state index in [1.807, 2.05) is 182 Å². The van der Waals surface area contributed by atoms with Crippen LogP contribution < -0.4 is 5.73 Å². The number of carbonyl (C=O) groups excluding carboxylic acids is 2. The average Bonchev–Trinajstić information content (AvgIpc) is 3.74. The molecule has 1 aliphatic carbocycles. The molecule has 2 atom stereocenters. The summed E-state index contributed by atoms with van der Waals surface area (Å²) in [7, 11) is 0. The first-order valence-electron chi connectivity index (χ1n) is 20.0. The van der Waals surface area contributed by atoms with Gasteiger partial charge in [-0.25, -0.2) is 0 Å². The minimum absolute atomic E-state index is 0.174. The van der Waals surface area contributed by atoms with Gasteiger partial charge < -0.3 is 20.8 Å². The molecule has 6 aromatic carbocycles. The summed E-state index contributed by atoms with van der Waals surface area (Å²) in [5.74, 6) is -1.16. The fourth-order valence-corrected chi connectivity index (χ4v) is 9.21. The summed E-state index contributed by atoms with van der Waals surface area (Å²) >= 11 is 0. The SMILES string of the molecule is NC(=O)C1(C(=O)N(C(c2ccccc2)C(O)(Cc2ccccc2)Cc2ccccc2)C(c2ccccc2)C(O)(Cc2ccccc2)Cc2ccccc2)CCCC1. The molecule has 0 radical (unpaired) electrons. The highest BCUT2D eigenvalue weighted by Gasteiger charge is 2.58. The summed E-state index contributed by atoms with van der Waals surface area (Å²) in [5, 5.41) is 27.7. The van der Waals surface area contributed by atoms with Crippen LogP contribution in [0, 0.1) is 5.41 Å². The van der Waals surface area contributed by atoms with Gasteiger partial charge >= 0.3 is 0 Å². The quantitative estimate of drug-likeness (QED) is 0.0860. The molecule has 0 spiro atoms. The zero-order valence-corrected chi connectivity index (χ0v) is 32.4. The van der Waals surface area contributed by atoms with Gasteiger partial charge in [0.2, 0.25) is 11.8 Å². The molecule has 6 aromatic rings. The van der Waals surface area contributed by atoms with Crippen LogP contribution in [0.3, 0.4) is 0 Å². The zero-order valence-electron chi connectivity index (χ0n) is 32.4. The third kappa shape index (κ3) is 8.78. The monoisotopic (exact) mass is 756 g/mol. The highest BCUT2D eigenvalue weighted by atomic mass is 16.3. The van der Waals surface area contributed by atoms with Gasteiger partial charge in [-0.2, -0.15) is 0 Å². The highest BCUT2D eigenvalue weighted by molar-refractivity contribution is 6.05. The maximum absolute atomic E-state index is 16.2. The van der Waals surface area contributed by atoms with Gasteiger partial charge in [0.15, 0.2) is 0 Å². The van der Waals surface area contributed by atoms with E-state index < -0.39 is 40.5 Å². The first kappa shape index (κ1) is 39.4. The number of nitrogens with two attached hydrogens (primary N) is 1. The van der Waals surface area contributed by atoms with Crippen LogP contribution in [0.5, 0.6) is 0 Å². The lowest BCUT2D eigenvalue weighted by Crippen LogP contribution is -2.62. The van der Waals surface area contributed by atoms with E-state index in [0.717, 1.165) is 22.3 Å². The molecule has 2 unspecified atom stereocenters. The van der Waals surface area contributed by atoms with Gasteiger partial charge in [0.1, 0.15) is 5.41 Å². The molecule has 0 heterocycles. The Morgan fingerprint density at radius 3 is 1.02 bits per heavy atom. The van der Waals surface area contributed by atoms with E-state index >= 15 is 4.79 Å². The van der Waals surface area contributed by atoms with Gasteiger partial charge in [0, 0.05) is 25.7 Å². The highest BCUT2D eigenvalue weighted by Crippen LogP contribution is 2.51. The molecule has 2 amide bonds. The van der Waals surface area contributed by atoms with Crippen molar-refractivity contribution in [2.45, 2.75) is 74.7 Å². The second kappa shape index (κ2) is 17.5. The summed E-state index contributed by atoms with van der Waals surface area (Å²) in [6.07, 6.45) is 2.58. The number of nitrogens with zero attached hydrogens (tertiary/aromatic N) is 1. The molecule has 6 nitrogen and oxygen atoms in total. The third-order valence-electron chi connectivity index (χ3n) is 11.8. The summed E-state index contributed by atoms with van der Waals surface area (Å²) in [5.41, 5.74) is 6.38. The molecule has 0 bridgehead atoms. The molecular formula is C51H52N2O4. The predicted molar refractivity (Wildman–Crippen MR) is 226 cm³/mol. The van der Waals surface area contributed by atoms with E-state index in [1.165, 1.54) is 0 Å². The number of primary amides is 1. The Morgan fingerprint density at radius 2 is 0.754 bits per heavy atom. The van der Waals surface area contributed by atoms with Crippen LogP contribution in [-0.2, 0) is 35.3 Å². The van der Waals surface area contributed by atoms with Crippen molar-refractivity contribution in [1.82, 2.24) is 4.90 Å². The van der Waals surface area contributed by atoms with Gasteiger partial charge in [-0.05, 0) is 46.2 Å². The van der Waals surface area contributed by atoms with Crippen molar-refractivity contribution in [2.24, 2.45) is 11.1 Å². The zero-order chi connectivity index (χ0) is 39.7. The minimum Gasteiger partial charge on any atom is -0.387 e. The van der Waals surface area contributed by atoms with E-state index in [1.54, 1.807) is 4.90 Å². The number of amides is 2. The molecular weight excluding hydrogens is 705 g/mol. The Balaban J connectivity index is 1.56. The van der Waals surface area contributed by atoms with Gasteiger partial charge in [-0.1, -0.05) is 195 Å². The van der Waals surface area contributed by atoms with Gasteiger partial charge in [-0.15, -0.1) is 0 Å². The second-order valence-electron chi connectivity index (χ2n) is 15.8. The van der Waals surface area contributed by atoms with Crippen molar-refractivity contribution < 1.29 is 19.8 Å². The van der Waals surface area contributed by atoms with Crippen LogP contribution >= 0.6 is 0 Å². The lowest BCUT2D eigenvalue weighted by atomic mass is 9.71. The molecule has 57 heavy (non-hydrogen) atoms. The van der Waals surface area contributed by atoms with Crippen LogP contribution in [-0.4, -0.2) is 38.1 Å². The average molecular weight is 757 g/mol. The fourth-order valence-electron chi connectivity index (χ4n) is 9.21. The van der Waals surface area contributed by atoms with E-state index in [4.69, 9.17) is 5.73 Å². The maximum atomic E-state index is 16.2. The number of benzene rings is 6. The topological polar surface area (TPSA) is 104 Å². The normalized spacial score (nSPS) is 15.1. The molecule has 4 N–H and O–H groups in total. The standard InChI is InChI=1S/C51H52N2O4/c52-47(54)49(33-19-20-34-49)48(55)53(45(43-29-15-5-16-30-43)50(56,35-39-21-7-1-8-22-39)36-40-23-9-2-10-24-40)46(44-31-17-6-18-32-44)51(57,37-41-25-11-3-12-26-41)38-42-27-13-4-14-28-42/h1-18,21-32,45-46,56-57H,19-20,33-38H2,(H2,52,54). The van der Waals surface area contributed by atoms with E-state index in [0.29, 0.717) is 24.0 Å². The molecule has 1 fully saturated rings. The lowest BCUT2D eigenvalue weighted by Gasteiger charge is -2.53. The van der Waals surface area contributed by atoms with Crippen LogP contribution in [0.1, 0.15) is 71.1 Å². The van der Waals surface area contributed by atoms with Crippen molar-refractivity contribution in [3.8, 4) is 0 Å². The van der Waals surface area contributed by atoms with Crippen molar-refractivity contribution in [2.75, 3.05) is 0 Å². The summed E-state index contributed by atoms with van der Waals surface area (Å²) < 4.78 is 0. The molecule has 0 saturated heterocycles. The number of aliphatic hydroxyl groups is 2. The molecule has 1 aliphatic rings. The van der Waals surface area contributed by atoms with E-state index in [2.05, 4.69) is 0 Å². The first-order chi connectivity index (χ1) is 27.7. The fraction of sp³-hybridized carbons (Fsp3) is 0.255. The number of hydrogen-bond donors (Lipinski definition) is 3. The number of hydrogen-bond acceptors (Lipinski definition) is 4. The largest absolute Gasteiger partial charge is 0.387 e. The Morgan fingerprint density at radius 1 is 0.491 bits per heavy atom. The second-order valence-corrected chi connectivity index (χ2v) is 15.8. The van der Waals surface area contributed by atoms with Gasteiger partial charge in [0.25, 0.3) is 0 Å². The van der Waals surface area contributed by atoms with Crippen LogP contribution in [0.15, 0.2) is 182 Å². The minimum atomic E-state index is -1.66. The van der Waals surface area contributed by atoms with Gasteiger partial charge in [-0.3, -0.25) is 9.59 Å². The van der Waals surface area contributed by atoms with E-state index in [-0.39, 0.29) is 38.5 Å². The maximum Gasteiger partial charge on any atom is 0.239 e. The third-order valence-corrected chi connectivity index (χ3v) is 11.8. The number of rotatable bonds is 16. The molecule has 0 aliphatic heterocycles. The Bertz CT molecular complexity index is 1960. The summed E-state index contributed by atoms with van der Waals surface area (Å²) in [6.45, 7) is 0. The predicted octanol–water partition coefficient (Wildman–Crippen LogP) is 8.78. The van der Waals surface area contributed by atoms with Crippen LogP contribution in [0.25, 0.3) is 0 Å². The molecule has 1 saturated carbocycles. The first-order valence-corrected chi connectivity index (χ1v) is 20.0. The smallest absolute Gasteiger partial charge is 0.239 e. The molecule has 0 aromatic heterocycles. The number of carbonyl (C=O) groups is 2. The lowest BCUT2D eigenvalue weighted by molar-refractivity contribution is -0.172. The van der Waals surface area contributed by atoms with Crippen molar-refractivity contribution >= 4 is 11.8 Å². The van der Waals surface area contributed by atoms with Crippen molar-refractivity contribution in [3.63, 3.8) is 0 Å². The van der Waals surface area contributed by atoms with Crippen molar-refractivity contribution in [3.05, 3.63) is 215 Å². The van der Waals surface area contributed by atoms with Crippen molar-refractivity contribution in [1.29, 1.82) is 0 Å². The van der Waals surface area contributed by atoms with Gasteiger partial charge in [0.05, 0.1) is 23.3 Å². The molecule has 6 heteroatoms. The molecule has 7 rings (SSSR count). The summed E-state index contributed by atoms with van der Waals surface area (Å²) in [6, 6.07) is 56.4. The Hall–Kier alpha value is -5.82. The Labute approximate surface area is 336 Å². The van der Waals surface area contributed by atoms with Crippen LogP contribution in [0.4, 0.5) is 0 Å². The Kier molecular flexibility index (Phi) is 12.1.